The molecule has 0 unspecified atom stereocenters. The molecule has 0 saturated carbocycles. The molecule has 0 bridgehead atoms. The van der Waals surface area contributed by atoms with Gasteiger partial charge in [0.05, 0.1) is 19.2 Å². The molecule has 2 heterocycles. The molecule has 0 saturated heterocycles. The van der Waals surface area contributed by atoms with Crippen LogP contribution in [0.25, 0.3) is 0 Å². The maximum atomic E-state index is 12.2. The quantitative estimate of drug-likeness (QED) is 0.791. The van der Waals surface area contributed by atoms with Crippen molar-refractivity contribution in [3.05, 3.63) is 40.1 Å². The Bertz CT molecular complexity index is 741. The third kappa shape index (κ3) is 4.21. The minimum atomic E-state index is -0.637. The zero-order valence-electron chi connectivity index (χ0n) is 13.6. The van der Waals surface area contributed by atoms with Crippen LogP contribution in [0.5, 0.6) is 17.2 Å². The highest BCUT2D eigenvalue weighted by Crippen LogP contribution is 2.40. The molecule has 2 aromatic rings. The van der Waals surface area contributed by atoms with Gasteiger partial charge in [-0.2, -0.15) is 0 Å². The van der Waals surface area contributed by atoms with Gasteiger partial charge < -0.3 is 24.3 Å². The van der Waals surface area contributed by atoms with Crippen LogP contribution >= 0.6 is 11.3 Å². The van der Waals surface area contributed by atoms with Gasteiger partial charge in [0, 0.05) is 4.88 Å². The highest BCUT2D eigenvalue weighted by atomic mass is 32.1. The Balaban J connectivity index is 1.58. The van der Waals surface area contributed by atoms with E-state index in [9.17, 15) is 9.59 Å². The lowest BCUT2D eigenvalue weighted by Crippen LogP contribution is -2.28. The number of hydrogen-bond donors (Lipinski definition) is 1. The van der Waals surface area contributed by atoms with Crippen LogP contribution < -0.4 is 19.5 Å². The van der Waals surface area contributed by atoms with Crippen LogP contribution in [0.4, 0.5) is 0 Å². The number of carbonyl (C=O) groups is 2. The van der Waals surface area contributed by atoms with Crippen molar-refractivity contribution in [1.29, 1.82) is 0 Å². The van der Waals surface area contributed by atoms with E-state index in [0.29, 0.717) is 37.0 Å². The lowest BCUT2D eigenvalue weighted by Gasteiger charge is -2.21. The summed E-state index contributed by atoms with van der Waals surface area (Å²) < 4.78 is 21.2. The summed E-state index contributed by atoms with van der Waals surface area (Å²) in [5.41, 5.74) is 0.229. The number of methoxy groups -OCH3 is 1. The molecular formula is C17H17NO6S. The van der Waals surface area contributed by atoms with E-state index in [1.807, 2.05) is 17.5 Å². The molecule has 0 radical (unpaired) electrons. The summed E-state index contributed by atoms with van der Waals surface area (Å²) in [6.07, 6.45) is 0. The molecule has 1 amide bonds. The predicted molar refractivity (Wildman–Crippen MR) is 90.4 cm³/mol. The Hall–Kier alpha value is -2.74. The number of nitrogens with one attached hydrogen (secondary N) is 1. The molecule has 1 aromatic heterocycles. The molecule has 8 heteroatoms. The number of esters is 1. The van der Waals surface area contributed by atoms with Gasteiger partial charge in [0.2, 0.25) is 5.75 Å². The van der Waals surface area contributed by atoms with Gasteiger partial charge in [-0.05, 0) is 23.6 Å². The van der Waals surface area contributed by atoms with Crippen molar-refractivity contribution in [1.82, 2.24) is 5.32 Å². The molecule has 0 spiro atoms. The first-order valence-electron chi connectivity index (χ1n) is 7.61. The fraction of sp³-hybridized carbons (Fsp3) is 0.294. The summed E-state index contributed by atoms with van der Waals surface area (Å²) in [6.45, 7) is 0.851. The van der Waals surface area contributed by atoms with E-state index in [4.69, 9.17) is 18.9 Å². The number of benzene rings is 1. The van der Waals surface area contributed by atoms with Crippen molar-refractivity contribution < 1.29 is 28.5 Å². The summed E-state index contributed by atoms with van der Waals surface area (Å²) in [5.74, 6) is 0.248. The third-order valence-corrected chi connectivity index (χ3v) is 4.31. The molecule has 132 valence electrons. The third-order valence-electron chi connectivity index (χ3n) is 3.44. The summed E-state index contributed by atoms with van der Waals surface area (Å²) >= 11 is 1.54. The summed E-state index contributed by atoms with van der Waals surface area (Å²) in [4.78, 5) is 25.0. The Morgan fingerprint density at radius 1 is 1.28 bits per heavy atom. The van der Waals surface area contributed by atoms with Crippen molar-refractivity contribution in [3.8, 4) is 17.2 Å². The monoisotopic (exact) mass is 363 g/mol. The van der Waals surface area contributed by atoms with E-state index in [-0.39, 0.29) is 18.1 Å². The first-order chi connectivity index (χ1) is 12.2. The number of thiophene rings is 1. The van der Waals surface area contributed by atoms with Crippen LogP contribution in [0.3, 0.4) is 0 Å². The zero-order chi connectivity index (χ0) is 17.6. The summed E-state index contributed by atoms with van der Waals surface area (Å²) in [5, 5.41) is 4.62. The molecule has 0 fully saturated rings. The lowest BCUT2D eigenvalue weighted by molar-refractivity contribution is -0.124. The summed E-state index contributed by atoms with van der Waals surface area (Å²) in [6, 6.07) is 6.84. The smallest absolute Gasteiger partial charge is 0.338 e. The number of ether oxygens (including phenoxy) is 4. The first-order valence-corrected chi connectivity index (χ1v) is 8.49. The molecule has 1 aliphatic heterocycles. The van der Waals surface area contributed by atoms with E-state index in [0.717, 1.165) is 4.88 Å². The molecule has 0 aliphatic carbocycles. The second-order valence-corrected chi connectivity index (χ2v) is 6.17. The fourth-order valence-corrected chi connectivity index (χ4v) is 2.90. The minimum absolute atomic E-state index is 0.229. The SMILES string of the molecule is COc1cc(C(=O)OCC(=O)NCc2cccs2)cc2c1OCCO2. The number of hydrogen-bond acceptors (Lipinski definition) is 7. The Morgan fingerprint density at radius 3 is 2.88 bits per heavy atom. The van der Waals surface area contributed by atoms with Gasteiger partial charge in [-0.15, -0.1) is 11.3 Å². The largest absolute Gasteiger partial charge is 0.493 e. The summed E-state index contributed by atoms with van der Waals surface area (Å²) in [7, 11) is 1.47. The molecule has 25 heavy (non-hydrogen) atoms. The van der Waals surface area contributed by atoms with E-state index in [1.165, 1.54) is 19.2 Å². The van der Waals surface area contributed by atoms with Crippen molar-refractivity contribution in [3.63, 3.8) is 0 Å². The van der Waals surface area contributed by atoms with Crippen molar-refractivity contribution >= 4 is 23.2 Å². The lowest BCUT2D eigenvalue weighted by atomic mass is 10.1. The number of carbonyl (C=O) groups excluding carboxylic acids is 2. The van der Waals surface area contributed by atoms with E-state index in [2.05, 4.69) is 5.32 Å². The molecule has 3 rings (SSSR count). The molecule has 0 atom stereocenters. The number of fused-ring (bicyclic) bond motifs is 1. The minimum Gasteiger partial charge on any atom is -0.493 e. The van der Waals surface area contributed by atoms with Gasteiger partial charge in [-0.25, -0.2) is 4.79 Å². The van der Waals surface area contributed by atoms with Crippen molar-refractivity contribution in [2.24, 2.45) is 0 Å². The Labute approximate surface area is 148 Å². The molecule has 1 aliphatic rings. The second-order valence-electron chi connectivity index (χ2n) is 5.13. The fourth-order valence-electron chi connectivity index (χ4n) is 2.26. The average Bonchev–Trinajstić information content (AvgIpc) is 3.17. The topological polar surface area (TPSA) is 83.1 Å². The molecule has 1 aromatic carbocycles. The zero-order valence-corrected chi connectivity index (χ0v) is 14.4. The maximum Gasteiger partial charge on any atom is 0.338 e. The second kappa shape index (κ2) is 7.89. The van der Waals surface area contributed by atoms with Gasteiger partial charge in [0.15, 0.2) is 18.1 Å². The van der Waals surface area contributed by atoms with E-state index in [1.54, 1.807) is 11.3 Å². The highest BCUT2D eigenvalue weighted by Gasteiger charge is 2.22. The first kappa shape index (κ1) is 17.1. The van der Waals surface area contributed by atoms with Gasteiger partial charge in [-0.3, -0.25) is 4.79 Å². The van der Waals surface area contributed by atoms with Crippen LogP contribution in [-0.4, -0.2) is 38.8 Å². The van der Waals surface area contributed by atoms with Crippen LogP contribution in [0.1, 0.15) is 15.2 Å². The predicted octanol–water partition coefficient (Wildman–Crippen LogP) is 2.00. The van der Waals surface area contributed by atoms with Gasteiger partial charge >= 0.3 is 5.97 Å². The standard InChI is InChI=1S/C17H17NO6S/c1-21-13-7-11(8-14-16(13)23-5-4-22-14)17(20)24-10-15(19)18-9-12-3-2-6-25-12/h2-3,6-8H,4-5,9-10H2,1H3,(H,18,19). The van der Waals surface area contributed by atoms with Crippen molar-refractivity contribution in [2.75, 3.05) is 26.9 Å². The van der Waals surface area contributed by atoms with Crippen LogP contribution in [0.15, 0.2) is 29.6 Å². The van der Waals surface area contributed by atoms with Gasteiger partial charge in [0.1, 0.15) is 13.2 Å². The number of rotatable bonds is 6. The van der Waals surface area contributed by atoms with Crippen molar-refractivity contribution in [2.45, 2.75) is 6.54 Å². The van der Waals surface area contributed by atoms with E-state index < -0.39 is 5.97 Å². The van der Waals surface area contributed by atoms with E-state index >= 15 is 0 Å². The molecular weight excluding hydrogens is 346 g/mol. The normalized spacial score (nSPS) is 12.4. The van der Waals surface area contributed by atoms with Gasteiger partial charge in [0.25, 0.3) is 5.91 Å². The molecule has 1 N–H and O–H groups in total. The maximum absolute atomic E-state index is 12.2. The van der Waals surface area contributed by atoms with Crippen LogP contribution in [0.2, 0.25) is 0 Å². The average molecular weight is 363 g/mol. The molecule has 7 nitrogen and oxygen atoms in total. The highest BCUT2D eigenvalue weighted by molar-refractivity contribution is 7.09. The van der Waals surface area contributed by atoms with Crippen LogP contribution in [-0.2, 0) is 16.1 Å². The van der Waals surface area contributed by atoms with Gasteiger partial charge in [-0.1, -0.05) is 6.07 Å². The Morgan fingerprint density at radius 2 is 2.12 bits per heavy atom. The Kier molecular flexibility index (Phi) is 5.39. The van der Waals surface area contributed by atoms with Crippen LogP contribution in [0, 0.1) is 0 Å². The number of amides is 1.